The van der Waals surface area contributed by atoms with Gasteiger partial charge in [0.05, 0.1) is 0 Å². The smallest absolute Gasteiger partial charge is 0.290 e. The monoisotopic (exact) mass is 437 g/mol. The summed E-state index contributed by atoms with van der Waals surface area (Å²) in [7, 11) is 4.16. The van der Waals surface area contributed by atoms with Crippen molar-refractivity contribution in [1.29, 1.82) is 0 Å². The van der Waals surface area contributed by atoms with E-state index >= 15 is 0 Å². The first-order chi connectivity index (χ1) is 14.3. The molecule has 30 heavy (non-hydrogen) atoms. The van der Waals surface area contributed by atoms with Crippen LogP contribution in [0.1, 0.15) is 48.0 Å². The molecule has 2 N–H and O–H groups in total. The minimum Gasteiger partial charge on any atom is -0.483 e. The molecule has 2 fully saturated rings. The molecule has 1 aliphatic carbocycles. The van der Waals surface area contributed by atoms with Crippen molar-refractivity contribution >= 4 is 29.9 Å². The lowest BCUT2D eigenvalue weighted by atomic mass is 9.85. The molecule has 7 nitrogen and oxygen atoms in total. The van der Waals surface area contributed by atoms with Crippen molar-refractivity contribution in [3.8, 4) is 0 Å². The molecule has 1 heterocycles. The zero-order chi connectivity index (χ0) is 22.3. The second-order valence-corrected chi connectivity index (χ2v) is 8.71. The molecule has 1 aliphatic heterocycles. The molecule has 166 valence electrons. The van der Waals surface area contributed by atoms with E-state index in [2.05, 4.69) is 24.3 Å². The van der Waals surface area contributed by atoms with Gasteiger partial charge >= 0.3 is 0 Å². The largest absolute Gasteiger partial charge is 0.483 e. The fourth-order valence-corrected chi connectivity index (χ4v) is 4.48. The first-order valence-electron chi connectivity index (χ1n) is 10.4. The Balaban J connectivity index is 0.00000101. The molecule has 0 spiro atoms. The summed E-state index contributed by atoms with van der Waals surface area (Å²) in [5.74, 6) is 0.362. The Kier molecular flexibility index (Phi) is 9.11. The molecule has 8 heteroatoms. The number of carbonyl (C=O) groups is 3. The molecule has 1 atom stereocenters. The van der Waals surface area contributed by atoms with Gasteiger partial charge in [-0.05, 0) is 76.9 Å². The maximum Gasteiger partial charge on any atom is 0.290 e. The Morgan fingerprint density at radius 1 is 1.20 bits per heavy atom. The van der Waals surface area contributed by atoms with Gasteiger partial charge in [0.15, 0.2) is 0 Å². The standard InChI is InChI=1S/C21H30ClN3O2.CH2O2/c1-14-12-16(22)6-9-19(14)20(26)23-17-7-4-15(5-8-17)21(27)25-11-10-18(13-25)24(2)3;2-1-3/h6,9,12,15,17-18H,4-5,7-8,10-11,13H2,1-3H3,(H,23,26);1H,(H,2,3). The summed E-state index contributed by atoms with van der Waals surface area (Å²) < 4.78 is 0. The highest BCUT2D eigenvalue weighted by atomic mass is 35.5. The number of halogens is 1. The van der Waals surface area contributed by atoms with Gasteiger partial charge < -0.3 is 20.2 Å². The number of nitrogens with zero attached hydrogens (tertiary/aromatic N) is 2. The van der Waals surface area contributed by atoms with Crippen LogP contribution in [0.2, 0.25) is 5.02 Å². The third-order valence-electron chi connectivity index (χ3n) is 6.05. The third-order valence-corrected chi connectivity index (χ3v) is 6.29. The van der Waals surface area contributed by atoms with Gasteiger partial charge in [-0.1, -0.05) is 11.6 Å². The number of hydrogen-bond donors (Lipinski definition) is 2. The van der Waals surface area contributed by atoms with Crippen LogP contribution >= 0.6 is 11.6 Å². The molecule has 3 rings (SSSR count). The van der Waals surface area contributed by atoms with E-state index in [1.54, 1.807) is 12.1 Å². The molecule has 1 unspecified atom stereocenters. The SMILES string of the molecule is Cc1cc(Cl)ccc1C(=O)NC1CCC(C(=O)N2CCC(N(C)C)C2)CC1.O=CO. The maximum absolute atomic E-state index is 12.8. The number of carbonyl (C=O) groups excluding carboxylic acids is 2. The second kappa shape index (κ2) is 11.3. The van der Waals surface area contributed by atoms with Crippen LogP contribution < -0.4 is 5.32 Å². The molecule has 1 aromatic rings. The zero-order valence-electron chi connectivity index (χ0n) is 17.9. The van der Waals surface area contributed by atoms with Crippen LogP contribution in [0.5, 0.6) is 0 Å². The van der Waals surface area contributed by atoms with E-state index < -0.39 is 0 Å². The maximum atomic E-state index is 12.8. The van der Waals surface area contributed by atoms with E-state index in [9.17, 15) is 9.59 Å². The number of hydrogen-bond acceptors (Lipinski definition) is 4. The fraction of sp³-hybridized carbons (Fsp3) is 0.591. The summed E-state index contributed by atoms with van der Waals surface area (Å²) in [4.78, 5) is 37.9. The summed E-state index contributed by atoms with van der Waals surface area (Å²) in [6, 6.07) is 5.95. The normalized spacial score (nSPS) is 23.5. The minimum atomic E-state index is -0.250. The molecule has 0 radical (unpaired) electrons. The highest BCUT2D eigenvalue weighted by Crippen LogP contribution is 2.28. The first kappa shape index (κ1) is 24.2. The Morgan fingerprint density at radius 3 is 2.37 bits per heavy atom. The fourth-order valence-electron chi connectivity index (χ4n) is 4.25. The van der Waals surface area contributed by atoms with Crippen LogP contribution in [0.25, 0.3) is 0 Å². The van der Waals surface area contributed by atoms with Gasteiger partial charge in [-0.15, -0.1) is 0 Å². The molecular formula is C22H32ClN3O4. The van der Waals surface area contributed by atoms with Gasteiger partial charge in [-0.2, -0.15) is 0 Å². The quantitative estimate of drug-likeness (QED) is 0.707. The number of likely N-dealkylation sites (tertiary alicyclic amines) is 1. The number of amides is 2. The molecule has 2 amide bonds. The van der Waals surface area contributed by atoms with Crippen molar-refractivity contribution < 1.29 is 19.5 Å². The van der Waals surface area contributed by atoms with Crippen LogP contribution in [0.15, 0.2) is 18.2 Å². The number of carboxylic acid groups (broad SMARTS) is 1. The lowest BCUT2D eigenvalue weighted by molar-refractivity contribution is -0.135. The van der Waals surface area contributed by atoms with Crippen LogP contribution in [-0.4, -0.2) is 72.5 Å². The Bertz CT molecular complexity index is 748. The zero-order valence-corrected chi connectivity index (χ0v) is 18.7. The van der Waals surface area contributed by atoms with E-state index in [-0.39, 0.29) is 24.3 Å². The topological polar surface area (TPSA) is 90.0 Å². The van der Waals surface area contributed by atoms with Crippen molar-refractivity contribution in [2.24, 2.45) is 5.92 Å². The van der Waals surface area contributed by atoms with Crippen molar-refractivity contribution in [3.63, 3.8) is 0 Å². The molecule has 2 aliphatic rings. The van der Waals surface area contributed by atoms with Gasteiger partial charge in [-0.25, -0.2) is 0 Å². The van der Waals surface area contributed by atoms with Crippen LogP contribution in [0, 0.1) is 12.8 Å². The van der Waals surface area contributed by atoms with Crippen molar-refractivity contribution in [1.82, 2.24) is 15.1 Å². The van der Waals surface area contributed by atoms with Gasteiger partial charge in [0.1, 0.15) is 0 Å². The summed E-state index contributed by atoms with van der Waals surface area (Å²) in [5.41, 5.74) is 1.55. The van der Waals surface area contributed by atoms with E-state index in [1.807, 2.05) is 17.9 Å². The molecule has 1 saturated carbocycles. The highest BCUT2D eigenvalue weighted by molar-refractivity contribution is 6.30. The number of benzene rings is 1. The lowest BCUT2D eigenvalue weighted by Crippen LogP contribution is -2.42. The number of nitrogens with one attached hydrogen (secondary N) is 1. The third kappa shape index (κ3) is 6.44. The Labute approximate surface area is 183 Å². The predicted molar refractivity (Wildman–Crippen MR) is 117 cm³/mol. The molecule has 1 aromatic carbocycles. The molecule has 0 bridgehead atoms. The van der Waals surface area contributed by atoms with Crippen LogP contribution in [-0.2, 0) is 9.59 Å². The number of aryl methyl sites for hydroxylation is 1. The summed E-state index contributed by atoms with van der Waals surface area (Å²) in [6.45, 7) is 3.36. The van der Waals surface area contributed by atoms with Gasteiger partial charge in [0.2, 0.25) is 5.91 Å². The Morgan fingerprint density at radius 2 is 1.83 bits per heavy atom. The molecule has 1 saturated heterocycles. The summed E-state index contributed by atoms with van der Waals surface area (Å²) >= 11 is 5.97. The lowest BCUT2D eigenvalue weighted by Gasteiger charge is -2.31. The average Bonchev–Trinajstić information content (AvgIpc) is 3.19. The number of likely N-dealkylation sites (N-methyl/N-ethyl adjacent to an activating group) is 1. The first-order valence-corrected chi connectivity index (χ1v) is 10.7. The van der Waals surface area contributed by atoms with Crippen LogP contribution in [0.4, 0.5) is 0 Å². The second-order valence-electron chi connectivity index (χ2n) is 8.28. The van der Waals surface area contributed by atoms with E-state index in [0.29, 0.717) is 22.5 Å². The van der Waals surface area contributed by atoms with E-state index in [1.165, 1.54) is 0 Å². The highest BCUT2D eigenvalue weighted by Gasteiger charge is 2.34. The summed E-state index contributed by atoms with van der Waals surface area (Å²) in [6.07, 6.45) is 4.49. The molecular weight excluding hydrogens is 406 g/mol. The van der Waals surface area contributed by atoms with Crippen molar-refractivity contribution in [3.05, 3.63) is 34.3 Å². The van der Waals surface area contributed by atoms with Crippen LogP contribution in [0.3, 0.4) is 0 Å². The predicted octanol–water partition coefficient (Wildman–Crippen LogP) is 2.80. The summed E-state index contributed by atoms with van der Waals surface area (Å²) in [5, 5.41) is 10.7. The van der Waals surface area contributed by atoms with E-state index in [0.717, 1.165) is 50.8 Å². The minimum absolute atomic E-state index is 0.0488. The average molecular weight is 438 g/mol. The van der Waals surface area contributed by atoms with Gasteiger partial charge in [0.25, 0.3) is 12.4 Å². The van der Waals surface area contributed by atoms with Crippen molar-refractivity contribution in [2.75, 3.05) is 27.2 Å². The van der Waals surface area contributed by atoms with E-state index in [4.69, 9.17) is 21.5 Å². The van der Waals surface area contributed by atoms with Gasteiger partial charge in [0, 0.05) is 41.7 Å². The number of rotatable bonds is 4. The Hall–Kier alpha value is -2.12. The molecule has 0 aromatic heterocycles. The van der Waals surface area contributed by atoms with Crippen molar-refractivity contribution in [2.45, 2.75) is 51.1 Å². The van der Waals surface area contributed by atoms with Gasteiger partial charge in [-0.3, -0.25) is 14.4 Å².